The average Bonchev–Trinajstić information content (AvgIpc) is 2.92. The highest BCUT2D eigenvalue weighted by Gasteiger charge is 2.22. The zero-order valence-corrected chi connectivity index (χ0v) is 16.5. The topological polar surface area (TPSA) is 70.4 Å². The quantitative estimate of drug-likeness (QED) is 0.325. The smallest absolute Gasteiger partial charge is 0.267 e. The predicted octanol–water partition coefficient (Wildman–Crippen LogP) is 2.71. The van der Waals surface area contributed by atoms with Gasteiger partial charge in [-0.1, -0.05) is 19.9 Å². The number of aromatic nitrogens is 2. The number of hydrogen-bond acceptors (Lipinski definition) is 4. The Labute approximate surface area is 160 Å². The van der Waals surface area contributed by atoms with Crippen molar-refractivity contribution in [3.8, 4) is 12.3 Å². The number of rotatable bonds is 8. The number of carbonyl (C=O) groups is 1. The SMILES string of the molecule is C#CCCc1nc2cc(C=CC(=O)NO)ccc2n1CC(C)(C)CN(C)C. The van der Waals surface area contributed by atoms with Crippen LogP contribution in [0.15, 0.2) is 24.3 Å². The molecule has 0 aliphatic rings. The summed E-state index contributed by atoms with van der Waals surface area (Å²) in [5.41, 5.74) is 4.41. The summed E-state index contributed by atoms with van der Waals surface area (Å²) in [6.45, 7) is 6.28. The first kappa shape index (κ1) is 20.7. The zero-order valence-electron chi connectivity index (χ0n) is 16.5. The van der Waals surface area contributed by atoms with Crippen LogP contribution in [-0.4, -0.2) is 46.2 Å². The molecule has 144 valence electrons. The molecule has 0 atom stereocenters. The Bertz CT molecular complexity index is 872. The van der Waals surface area contributed by atoms with Crippen molar-refractivity contribution in [1.82, 2.24) is 19.9 Å². The summed E-state index contributed by atoms with van der Waals surface area (Å²) in [5, 5.41) is 8.59. The number of benzene rings is 1. The molecule has 2 rings (SSSR count). The normalized spacial score (nSPS) is 12.0. The van der Waals surface area contributed by atoms with Crippen molar-refractivity contribution in [1.29, 1.82) is 0 Å². The highest BCUT2D eigenvalue weighted by atomic mass is 16.5. The van der Waals surface area contributed by atoms with Gasteiger partial charge in [0.2, 0.25) is 0 Å². The van der Waals surface area contributed by atoms with Crippen LogP contribution in [0.3, 0.4) is 0 Å². The first-order valence-electron chi connectivity index (χ1n) is 8.95. The van der Waals surface area contributed by atoms with Gasteiger partial charge in [0.25, 0.3) is 5.91 Å². The van der Waals surface area contributed by atoms with Crippen LogP contribution < -0.4 is 5.48 Å². The van der Waals surface area contributed by atoms with E-state index in [0.717, 1.165) is 41.9 Å². The summed E-state index contributed by atoms with van der Waals surface area (Å²) in [5.74, 6) is 3.10. The summed E-state index contributed by atoms with van der Waals surface area (Å²) in [7, 11) is 4.16. The molecule has 0 saturated heterocycles. The third kappa shape index (κ3) is 5.68. The molecule has 1 amide bonds. The van der Waals surface area contributed by atoms with Crippen molar-refractivity contribution in [2.24, 2.45) is 5.41 Å². The van der Waals surface area contributed by atoms with Gasteiger partial charge in [-0.2, -0.15) is 0 Å². The Hall–Kier alpha value is -2.62. The number of hydrogen-bond donors (Lipinski definition) is 2. The Kier molecular flexibility index (Phi) is 6.78. The maximum atomic E-state index is 11.2. The standard InChI is InChI=1S/C21H28N4O2/c1-6-7-8-19-22-17-13-16(10-12-20(26)23-27)9-11-18(17)25(19)15-21(2,3)14-24(4)5/h1,9-13,27H,7-8,14-15H2,2-5H3,(H,23,26). The van der Waals surface area contributed by atoms with Gasteiger partial charge in [-0.3, -0.25) is 10.0 Å². The molecule has 0 unspecified atom stereocenters. The van der Waals surface area contributed by atoms with Gasteiger partial charge in [-0.25, -0.2) is 10.5 Å². The van der Waals surface area contributed by atoms with E-state index in [-0.39, 0.29) is 5.41 Å². The molecule has 0 aliphatic carbocycles. The first-order chi connectivity index (χ1) is 12.8. The van der Waals surface area contributed by atoms with Crippen LogP contribution in [-0.2, 0) is 17.8 Å². The largest absolute Gasteiger partial charge is 0.327 e. The van der Waals surface area contributed by atoms with Crippen LogP contribution in [0.1, 0.15) is 31.7 Å². The average molecular weight is 368 g/mol. The van der Waals surface area contributed by atoms with E-state index in [1.165, 1.54) is 6.08 Å². The van der Waals surface area contributed by atoms with E-state index < -0.39 is 5.91 Å². The van der Waals surface area contributed by atoms with E-state index in [1.54, 1.807) is 11.6 Å². The molecule has 0 spiro atoms. The summed E-state index contributed by atoms with van der Waals surface area (Å²) < 4.78 is 2.25. The number of terminal acetylenes is 1. The summed E-state index contributed by atoms with van der Waals surface area (Å²) >= 11 is 0. The molecule has 2 aromatic rings. The van der Waals surface area contributed by atoms with Crippen LogP contribution in [0.25, 0.3) is 17.1 Å². The van der Waals surface area contributed by atoms with Crippen LogP contribution in [0.4, 0.5) is 0 Å². The minimum absolute atomic E-state index is 0.0693. The maximum Gasteiger partial charge on any atom is 0.267 e. The lowest BCUT2D eigenvalue weighted by molar-refractivity contribution is -0.124. The Morgan fingerprint density at radius 1 is 1.44 bits per heavy atom. The Balaban J connectivity index is 2.42. The highest BCUT2D eigenvalue weighted by Crippen LogP contribution is 2.26. The zero-order chi connectivity index (χ0) is 20.0. The van der Waals surface area contributed by atoms with Crippen molar-refractivity contribution in [3.05, 3.63) is 35.7 Å². The lowest BCUT2D eigenvalue weighted by Crippen LogP contribution is -2.32. The number of nitrogens with one attached hydrogen (secondary N) is 1. The molecule has 0 bridgehead atoms. The number of hydroxylamine groups is 1. The molecular formula is C21H28N4O2. The van der Waals surface area contributed by atoms with Crippen molar-refractivity contribution >= 4 is 23.0 Å². The number of carbonyl (C=O) groups excluding carboxylic acids is 1. The number of aryl methyl sites for hydroxylation is 1. The fourth-order valence-corrected chi connectivity index (χ4v) is 3.39. The summed E-state index contributed by atoms with van der Waals surface area (Å²) in [4.78, 5) is 18.2. The third-order valence-corrected chi connectivity index (χ3v) is 4.21. The van der Waals surface area contributed by atoms with Crippen LogP contribution in [0.5, 0.6) is 0 Å². The molecule has 6 heteroatoms. The van der Waals surface area contributed by atoms with Crippen molar-refractivity contribution in [2.75, 3.05) is 20.6 Å². The molecule has 1 heterocycles. The fourth-order valence-electron chi connectivity index (χ4n) is 3.39. The van der Waals surface area contributed by atoms with E-state index in [4.69, 9.17) is 16.6 Å². The van der Waals surface area contributed by atoms with E-state index in [2.05, 4.69) is 43.3 Å². The molecule has 2 N–H and O–H groups in total. The van der Waals surface area contributed by atoms with Gasteiger partial charge in [-0.05, 0) is 43.3 Å². The molecule has 0 fully saturated rings. The minimum atomic E-state index is -0.569. The number of fused-ring (bicyclic) bond motifs is 1. The van der Waals surface area contributed by atoms with Gasteiger partial charge >= 0.3 is 0 Å². The van der Waals surface area contributed by atoms with Gasteiger partial charge in [0.05, 0.1) is 11.0 Å². The molecule has 0 aliphatic heterocycles. The molecular weight excluding hydrogens is 340 g/mol. The van der Waals surface area contributed by atoms with E-state index in [0.29, 0.717) is 6.42 Å². The van der Waals surface area contributed by atoms with Gasteiger partial charge in [0.1, 0.15) is 5.82 Å². The summed E-state index contributed by atoms with van der Waals surface area (Å²) in [6, 6.07) is 5.89. The molecule has 27 heavy (non-hydrogen) atoms. The molecule has 1 aromatic heterocycles. The van der Waals surface area contributed by atoms with Crippen molar-refractivity contribution in [3.63, 3.8) is 0 Å². The van der Waals surface area contributed by atoms with E-state index >= 15 is 0 Å². The second-order valence-electron chi connectivity index (χ2n) is 7.78. The van der Waals surface area contributed by atoms with Crippen molar-refractivity contribution in [2.45, 2.75) is 33.2 Å². The van der Waals surface area contributed by atoms with Gasteiger partial charge in [0, 0.05) is 32.0 Å². The van der Waals surface area contributed by atoms with Gasteiger partial charge < -0.3 is 9.47 Å². The van der Waals surface area contributed by atoms with Crippen LogP contribution in [0.2, 0.25) is 0 Å². The minimum Gasteiger partial charge on any atom is -0.327 e. The number of nitrogens with zero attached hydrogens (tertiary/aromatic N) is 3. The summed E-state index contributed by atoms with van der Waals surface area (Å²) in [6.07, 6.45) is 9.74. The number of imidazole rings is 1. The molecule has 6 nitrogen and oxygen atoms in total. The molecule has 1 aromatic carbocycles. The van der Waals surface area contributed by atoms with Gasteiger partial charge in [0.15, 0.2) is 0 Å². The van der Waals surface area contributed by atoms with E-state index in [9.17, 15) is 4.79 Å². The van der Waals surface area contributed by atoms with Gasteiger partial charge in [-0.15, -0.1) is 12.3 Å². The second kappa shape index (κ2) is 8.85. The Morgan fingerprint density at radius 3 is 2.81 bits per heavy atom. The fraction of sp³-hybridized carbons (Fsp3) is 0.429. The molecule has 0 radical (unpaired) electrons. The second-order valence-corrected chi connectivity index (χ2v) is 7.78. The lowest BCUT2D eigenvalue weighted by Gasteiger charge is -2.29. The third-order valence-electron chi connectivity index (χ3n) is 4.21. The maximum absolute atomic E-state index is 11.2. The van der Waals surface area contributed by atoms with Crippen LogP contribution >= 0.6 is 0 Å². The van der Waals surface area contributed by atoms with Crippen molar-refractivity contribution < 1.29 is 10.0 Å². The lowest BCUT2D eigenvalue weighted by atomic mass is 9.92. The van der Waals surface area contributed by atoms with Crippen LogP contribution in [0, 0.1) is 17.8 Å². The predicted molar refractivity (Wildman–Crippen MR) is 108 cm³/mol. The highest BCUT2D eigenvalue weighted by molar-refractivity contribution is 5.91. The first-order valence-corrected chi connectivity index (χ1v) is 8.95. The number of amides is 1. The monoisotopic (exact) mass is 368 g/mol. The molecule has 0 saturated carbocycles. The Morgan fingerprint density at radius 2 is 2.19 bits per heavy atom. The van der Waals surface area contributed by atoms with E-state index in [1.807, 2.05) is 18.2 Å².